The second kappa shape index (κ2) is 5.48. The minimum absolute atomic E-state index is 0.0749. The lowest BCUT2D eigenvalue weighted by Crippen LogP contribution is -2.35. The van der Waals surface area contributed by atoms with Crippen molar-refractivity contribution in [3.05, 3.63) is 35.3 Å². The number of likely N-dealkylation sites (tertiary alicyclic amines) is 1. The van der Waals surface area contributed by atoms with Crippen molar-refractivity contribution in [2.24, 2.45) is 4.99 Å². The fourth-order valence-corrected chi connectivity index (χ4v) is 3.10. The van der Waals surface area contributed by atoms with Crippen molar-refractivity contribution in [2.45, 2.75) is 26.2 Å². The fourth-order valence-electron chi connectivity index (χ4n) is 3.10. The van der Waals surface area contributed by atoms with Gasteiger partial charge in [0.2, 0.25) is 0 Å². The highest BCUT2D eigenvalue weighted by Crippen LogP contribution is 2.27. The summed E-state index contributed by atoms with van der Waals surface area (Å²) in [4.78, 5) is 22.9. The summed E-state index contributed by atoms with van der Waals surface area (Å²) < 4.78 is 1.74. The number of pyridine rings is 1. The predicted octanol–water partition coefficient (Wildman–Crippen LogP) is 2.53. The maximum absolute atomic E-state index is 12.7. The van der Waals surface area contributed by atoms with Gasteiger partial charge in [0.05, 0.1) is 22.5 Å². The van der Waals surface area contributed by atoms with Gasteiger partial charge in [-0.1, -0.05) is 0 Å². The van der Waals surface area contributed by atoms with Crippen LogP contribution >= 0.6 is 0 Å². The number of hydrogen-bond acceptors (Lipinski definition) is 4. The van der Waals surface area contributed by atoms with Gasteiger partial charge in [-0.05, 0) is 38.1 Å². The van der Waals surface area contributed by atoms with Crippen molar-refractivity contribution in [3.63, 3.8) is 0 Å². The number of aromatic nitrogens is 3. The molecule has 4 heterocycles. The van der Waals surface area contributed by atoms with Gasteiger partial charge in [0.15, 0.2) is 5.82 Å². The van der Waals surface area contributed by atoms with Gasteiger partial charge in [0.25, 0.3) is 5.91 Å². The molecule has 0 radical (unpaired) electrons. The monoisotopic (exact) mass is 307 g/mol. The summed E-state index contributed by atoms with van der Waals surface area (Å²) >= 11 is 0. The molecular formula is C17H17N5O. The lowest BCUT2D eigenvalue weighted by atomic mass is 10.1. The van der Waals surface area contributed by atoms with Gasteiger partial charge in [-0.25, -0.2) is 9.67 Å². The molecule has 2 aromatic heterocycles. The first-order valence-electron chi connectivity index (χ1n) is 7.88. The first-order valence-corrected chi connectivity index (χ1v) is 7.88. The summed E-state index contributed by atoms with van der Waals surface area (Å²) in [5, 5.41) is 4.53. The molecule has 0 bridgehead atoms. The van der Waals surface area contributed by atoms with Crippen molar-refractivity contribution in [1.82, 2.24) is 19.7 Å². The van der Waals surface area contributed by atoms with E-state index in [0.29, 0.717) is 11.4 Å². The third kappa shape index (κ3) is 2.37. The standard InChI is InChI=1S/C17H17N5O/c1-12-14(17(23)21-9-3-2-4-10-21)11-22(20-12)15-6-8-19-16-13(15)5-7-18-16/h5-6,8,11H,2-4,9-10H2,1H3. The molecule has 2 aliphatic rings. The minimum Gasteiger partial charge on any atom is -0.339 e. The fraction of sp³-hybridized carbons (Fsp3) is 0.353. The Morgan fingerprint density at radius 2 is 2.09 bits per heavy atom. The zero-order chi connectivity index (χ0) is 15.8. The molecule has 0 aromatic carbocycles. The summed E-state index contributed by atoms with van der Waals surface area (Å²) in [7, 11) is 0. The van der Waals surface area contributed by atoms with Crippen LogP contribution in [-0.2, 0) is 0 Å². The average Bonchev–Trinajstić information content (AvgIpc) is 3.21. The van der Waals surface area contributed by atoms with Crippen molar-refractivity contribution in [2.75, 3.05) is 13.1 Å². The number of aryl methyl sites for hydroxylation is 1. The Balaban J connectivity index is 1.69. The Bertz CT molecular complexity index is 839. The Morgan fingerprint density at radius 1 is 1.26 bits per heavy atom. The molecule has 116 valence electrons. The predicted molar refractivity (Wildman–Crippen MR) is 87.4 cm³/mol. The Kier molecular flexibility index (Phi) is 3.32. The van der Waals surface area contributed by atoms with Crippen molar-refractivity contribution < 1.29 is 4.79 Å². The molecule has 23 heavy (non-hydrogen) atoms. The number of rotatable bonds is 2. The van der Waals surface area contributed by atoms with Gasteiger partial charge in [-0.2, -0.15) is 10.1 Å². The van der Waals surface area contributed by atoms with Crippen LogP contribution in [0.15, 0.2) is 23.5 Å². The van der Waals surface area contributed by atoms with Crippen LogP contribution in [0, 0.1) is 6.92 Å². The second-order valence-corrected chi connectivity index (χ2v) is 5.88. The van der Waals surface area contributed by atoms with Crippen LogP contribution in [-0.4, -0.2) is 44.5 Å². The third-order valence-corrected chi connectivity index (χ3v) is 4.34. The van der Waals surface area contributed by atoms with E-state index in [4.69, 9.17) is 0 Å². The molecule has 1 saturated heterocycles. The molecule has 6 nitrogen and oxygen atoms in total. The van der Waals surface area contributed by atoms with E-state index in [-0.39, 0.29) is 5.91 Å². The van der Waals surface area contributed by atoms with Crippen LogP contribution in [0.25, 0.3) is 11.8 Å². The Labute approximate surface area is 134 Å². The molecule has 2 aliphatic heterocycles. The lowest BCUT2D eigenvalue weighted by Gasteiger charge is -2.26. The van der Waals surface area contributed by atoms with Crippen LogP contribution in [0.1, 0.15) is 40.9 Å². The molecule has 0 N–H and O–H groups in total. The van der Waals surface area contributed by atoms with Crippen LogP contribution in [0.4, 0.5) is 5.82 Å². The quantitative estimate of drug-likeness (QED) is 0.731. The number of piperidine rings is 1. The zero-order valence-electron chi connectivity index (χ0n) is 13.0. The number of fused-ring (bicyclic) bond motifs is 1. The van der Waals surface area contributed by atoms with E-state index in [0.717, 1.165) is 42.9 Å². The normalized spacial score (nSPS) is 16.0. The number of hydrogen-bond donors (Lipinski definition) is 0. The van der Waals surface area contributed by atoms with Gasteiger partial charge in [-0.15, -0.1) is 0 Å². The first-order chi connectivity index (χ1) is 11.2. The number of carbonyl (C=O) groups excluding carboxylic acids is 1. The smallest absolute Gasteiger partial charge is 0.257 e. The van der Waals surface area contributed by atoms with Crippen LogP contribution in [0.5, 0.6) is 0 Å². The highest BCUT2D eigenvalue weighted by Gasteiger charge is 2.23. The topological polar surface area (TPSA) is 63.4 Å². The molecule has 0 aliphatic carbocycles. The maximum atomic E-state index is 12.7. The number of carbonyl (C=O) groups is 1. The Hall–Kier alpha value is -2.72. The molecule has 0 atom stereocenters. The van der Waals surface area contributed by atoms with Crippen molar-refractivity contribution in [1.29, 1.82) is 0 Å². The number of aliphatic imine (C=N–C) groups is 1. The largest absolute Gasteiger partial charge is 0.339 e. The van der Waals surface area contributed by atoms with Crippen LogP contribution in [0.2, 0.25) is 0 Å². The molecule has 1 amide bonds. The summed E-state index contributed by atoms with van der Waals surface area (Å²) in [5.74, 6) is 3.53. The van der Waals surface area contributed by atoms with Crippen molar-refractivity contribution in [3.8, 4) is 5.69 Å². The summed E-state index contributed by atoms with van der Waals surface area (Å²) in [5.41, 5.74) is 3.16. The molecule has 6 heteroatoms. The van der Waals surface area contributed by atoms with Gasteiger partial charge < -0.3 is 4.90 Å². The lowest BCUT2D eigenvalue weighted by molar-refractivity contribution is 0.0723. The number of nitrogens with zero attached hydrogens (tertiary/aromatic N) is 5. The van der Waals surface area contributed by atoms with Gasteiger partial charge >= 0.3 is 0 Å². The zero-order valence-corrected chi connectivity index (χ0v) is 13.0. The van der Waals surface area contributed by atoms with Gasteiger partial charge in [0, 0.05) is 31.6 Å². The van der Waals surface area contributed by atoms with E-state index in [1.807, 2.05) is 24.1 Å². The van der Waals surface area contributed by atoms with Crippen LogP contribution < -0.4 is 0 Å². The SMILES string of the molecule is Cc1nn(-c2ccnc3c2C=C=N3)cc1C(=O)N1CCCCC1. The highest BCUT2D eigenvalue weighted by molar-refractivity contribution is 5.95. The molecule has 2 aromatic rings. The minimum atomic E-state index is 0.0749. The number of amides is 1. The third-order valence-electron chi connectivity index (χ3n) is 4.34. The van der Waals surface area contributed by atoms with E-state index in [9.17, 15) is 4.79 Å². The Morgan fingerprint density at radius 3 is 2.91 bits per heavy atom. The van der Waals surface area contributed by atoms with E-state index in [2.05, 4.69) is 20.9 Å². The van der Waals surface area contributed by atoms with E-state index < -0.39 is 0 Å². The van der Waals surface area contributed by atoms with E-state index in [1.54, 1.807) is 17.0 Å². The van der Waals surface area contributed by atoms with E-state index >= 15 is 0 Å². The van der Waals surface area contributed by atoms with Crippen molar-refractivity contribution >= 4 is 23.7 Å². The molecule has 4 rings (SSSR count). The molecule has 0 spiro atoms. The summed E-state index contributed by atoms with van der Waals surface area (Å²) in [6.45, 7) is 3.55. The van der Waals surface area contributed by atoms with E-state index in [1.165, 1.54) is 6.42 Å². The molecular weight excluding hydrogens is 290 g/mol. The highest BCUT2D eigenvalue weighted by atomic mass is 16.2. The average molecular weight is 307 g/mol. The molecule has 0 saturated carbocycles. The van der Waals surface area contributed by atoms with Gasteiger partial charge in [0.1, 0.15) is 0 Å². The maximum Gasteiger partial charge on any atom is 0.257 e. The van der Waals surface area contributed by atoms with Crippen LogP contribution in [0.3, 0.4) is 0 Å². The second-order valence-electron chi connectivity index (χ2n) is 5.88. The molecule has 0 unspecified atom stereocenters. The van der Waals surface area contributed by atoms with Gasteiger partial charge in [-0.3, -0.25) is 4.79 Å². The summed E-state index contributed by atoms with van der Waals surface area (Å²) in [6.07, 6.45) is 8.67. The molecule has 1 fully saturated rings. The first kappa shape index (κ1) is 13.9. The summed E-state index contributed by atoms with van der Waals surface area (Å²) in [6, 6.07) is 1.87.